The van der Waals surface area contributed by atoms with Crippen molar-refractivity contribution in [2.75, 3.05) is 25.1 Å². The van der Waals surface area contributed by atoms with E-state index < -0.39 is 0 Å². The van der Waals surface area contributed by atoms with Crippen molar-refractivity contribution in [3.63, 3.8) is 0 Å². The van der Waals surface area contributed by atoms with Crippen molar-refractivity contribution in [3.8, 4) is 0 Å². The van der Waals surface area contributed by atoms with Gasteiger partial charge in [-0.05, 0) is 68.1 Å². The predicted molar refractivity (Wildman–Crippen MR) is 88.3 cm³/mol. The standard InChI is InChI=1S/C18H26N2O2/c21-18(19-11-4-12-22-13-14-9-10-14)20-17-8-3-6-15-5-1-2-7-16(15)17/h3,6,8,14H,1-2,4-5,7,9-13H2,(H2,19,20,21). The van der Waals surface area contributed by atoms with Gasteiger partial charge in [-0.1, -0.05) is 12.1 Å². The number of hydrogen-bond donors (Lipinski definition) is 2. The third-order valence-electron chi connectivity index (χ3n) is 4.45. The summed E-state index contributed by atoms with van der Waals surface area (Å²) in [5.41, 5.74) is 3.67. The number of carbonyl (C=O) groups excluding carboxylic acids is 1. The molecule has 2 aliphatic carbocycles. The molecule has 0 atom stereocenters. The maximum Gasteiger partial charge on any atom is 0.319 e. The number of anilines is 1. The Labute approximate surface area is 132 Å². The Hall–Kier alpha value is -1.55. The maximum atomic E-state index is 12.0. The number of aryl methyl sites for hydroxylation is 1. The van der Waals surface area contributed by atoms with Gasteiger partial charge in [-0.3, -0.25) is 0 Å². The van der Waals surface area contributed by atoms with Crippen LogP contribution < -0.4 is 10.6 Å². The molecule has 0 saturated heterocycles. The second kappa shape index (κ2) is 7.63. The van der Waals surface area contributed by atoms with E-state index in [1.165, 1.54) is 36.8 Å². The number of carbonyl (C=O) groups is 1. The van der Waals surface area contributed by atoms with Gasteiger partial charge in [0.15, 0.2) is 0 Å². The molecule has 3 rings (SSSR count). The van der Waals surface area contributed by atoms with Gasteiger partial charge in [0.25, 0.3) is 0 Å². The van der Waals surface area contributed by atoms with Crippen LogP contribution in [0.4, 0.5) is 10.5 Å². The van der Waals surface area contributed by atoms with Crippen molar-refractivity contribution < 1.29 is 9.53 Å². The van der Waals surface area contributed by atoms with Crippen molar-refractivity contribution in [2.24, 2.45) is 5.92 Å². The molecule has 1 aromatic rings. The lowest BCUT2D eigenvalue weighted by atomic mass is 9.90. The van der Waals surface area contributed by atoms with Crippen molar-refractivity contribution in [1.82, 2.24) is 5.32 Å². The van der Waals surface area contributed by atoms with Gasteiger partial charge < -0.3 is 15.4 Å². The third kappa shape index (κ3) is 4.47. The molecule has 22 heavy (non-hydrogen) atoms. The Kier molecular flexibility index (Phi) is 5.33. The van der Waals surface area contributed by atoms with Gasteiger partial charge in [-0.25, -0.2) is 4.79 Å². The highest BCUT2D eigenvalue weighted by Gasteiger charge is 2.20. The van der Waals surface area contributed by atoms with Crippen molar-refractivity contribution in [1.29, 1.82) is 0 Å². The van der Waals surface area contributed by atoms with E-state index in [0.29, 0.717) is 6.54 Å². The van der Waals surface area contributed by atoms with E-state index in [-0.39, 0.29) is 6.03 Å². The van der Waals surface area contributed by atoms with Crippen LogP contribution in [-0.2, 0) is 17.6 Å². The molecule has 0 heterocycles. The lowest BCUT2D eigenvalue weighted by Crippen LogP contribution is -2.30. The van der Waals surface area contributed by atoms with Gasteiger partial charge in [0, 0.05) is 25.4 Å². The van der Waals surface area contributed by atoms with Crippen LogP contribution in [-0.4, -0.2) is 25.8 Å². The lowest BCUT2D eigenvalue weighted by molar-refractivity contribution is 0.122. The number of hydrogen-bond acceptors (Lipinski definition) is 2. The molecule has 0 bridgehead atoms. The molecule has 1 saturated carbocycles. The quantitative estimate of drug-likeness (QED) is 0.757. The summed E-state index contributed by atoms with van der Waals surface area (Å²) < 4.78 is 5.56. The minimum atomic E-state index is -0.110. The fraction of sp³-hybridized carbons (Fsp3) is 0.611. The van der Waals surface area contributed by atoms with Crippen LogP contribution in [0.2, 0.25) is 0 Å². The first-order valence-electron chi connectivity index (χ1n) is 8.56. The summed E-state index contributed by atoms with van der Waals surface area (Å²) in [6, 6.07) is 6.10. The summed E-state index contributed by atoms with van der Waals surface area (Å²) in [4.78, 5) is 12.0. The van der Waals surface area contributed by atoms with E-state index in [1.807, 2.05) is 12.1 Å². The highest BCUT2D eigenvalue weighted by atomic mass is 16.5. The highest BCUT2D eigenvalue weighted by molar-refractivity contribution is 5.90. The monoisotopic (exact) mass is 302 g/mol. The van der Waals surface area contributed by atoms with Crippen LogP contribution in [0.15, 0.2) is 18.2 Å². The number of rotatable bonds is 7. The largest absolute Gasteiger partial charge is 0.381 e. The molecule has 2 N–H and O–H groups in total. The van der Waals surface area contributed by atoms with Crippen LogP contribution in [0.1, 0.15) is 43.2 Å². The van der Waals surface area contributed by atoms with Crippen LogP contribution in [0, 0.1) is 5.92 Å². The smallest absolute Gasteiger partial charge is 0.319 e. The number of ether oxygens (including phenoxy) is 1. The number of nitrogens with one attached hydrogen (secondary N) is 2. The van der Waals surface area contributed by atoms with Gasteiger partial charge in [0.05, 0.1) is 0 Å². The molecule has 0 unspecified atom stereocenters. The minimum Gasteiger partial charge on any atom is -0.381 e. The molecule has 2 aliphatic rings. The number of benzene rings is 1. The Morgan fingerprint density at radius 1 is 1.23 bits per heavy atom. The first kappa shape index (κ1) is 15.3. The summed E-state index contributed by atoms with van der Waals surface area (Å²) in [5, 5.41) is 5.91. The summed E-state index contributed by atoms with van der Waals surface area (Å²) in [7, 11) is 0. The van der Waals surface area contributed by atoms with Gasteiger partial charge >= 0.3 is 6.03 Å². The van der Waals surface area contributed by atoms with Crippen LogP contribution in [0.25, 0.3) is 0 Å². The molecule has 1 fully saturated rings. The summed E-state index contributed by atoms with van der Waals surface area (Å²) in [6.45, 7) is 2.28. The molecule has 0 aliphatic heterocycles. The van der Waals surface area contributed by atoms with E-state index >= 15 is 0 Å². The third-order valence-corrected chi connectivity index (χ3v) is 4.45. The Balaban J connectivity index is 1.38. The zero-order chi connectivity index (χ0) is 15.2. The lowest BCUT2D eigenvalue weighted by Gasteiger charge is -2.19. The summed E-state index contributed by atoms with van der Waals surface area (Å²) in [6.07, 6.45) is 8.18. The Bertz CT molecular complexity index is 512. The molecule has 1 aromatic carbocycles. The maximum absolute atomic E-state index is 12.0. The Morgan fingerprint density at radius 3 is 2.95 bits per heavy atom. The van der Waals surface area contributed by atoms with Gasteiger partial charge in [-0.15, -0.1) is 0 Å². The number of fused-ring (bicyclic) bond motifs is 1. The molecule has 120 valence electrons. The summed E-state index contributed by atoms with van der Waals surface area (Å²) in [5.74, 6) is 0.806. The van der Waals surface area contributed by atoms with Crippen LogP contribution in [0.3, 0.4) is 0 Å². The zero-order valence-corrected chi connectivity index (χ0v) is 13.2. The van der Waals surface area contributed by atoms with Crippen molar-refractivity contribution >= 4 is 11.7 Å². The van der Waals surface area contributed by atoms with Crippen LogP contribution >= 0.6 is 0 Å². The van der Waals surface area contributed by atoms with Gasteiger partial charge in [0.2, 0.25) is 0 Å². The predicted octanol–water partition coefficient (Wildman–Crippen LogP) is 3.50. The van der Waals surface area contributed by atoms with E-state index in [4.69, 9.17) is 4.74 Å². The molecule has 2 amide bonds. The fourth-order valence-electron chi connectivity index (χ4n) is 2.98. The molecule has 4 nitrogen and oxygen atoms in total. The van der Waals surface area contributed by atoms with Gasteiger partial charge in [0.1, 0.15) is 0 Å². The molecule has 0 aromatic heterocycles. The molecule has 0 spiro atoms. The molecule has 0 radical (unpaired) electrons. The highest BCUT2D eigenvalue weighted by Crippen LogP contribution is 2.29. The van der Waals surface area contributed by atoms with E-state index in [1.54, 1.807) is 0 Å². The minimum absolute atomic E-state index is 0.110. The topological polar surface area (TPSA) is 50.4 Å². The van der Waals surface area contributed by atoms with Crippen molar-refractivity contribution in [3.05, 3.63) is 29.3 Å². The second-order valence-corrected chi connectivity index (χ2v) is 6.40. The normalized spacial score (nSPS) is 16.9. The first-order valence-corrected chi connectivity index (χ1v) is 8.56. The van der Waals surface area contributed by atoms with Crippen LogP contribution in [0.5, 0.6) is 0 Å². The van der Waals surface area contributed by atoms with E-state index in [2.05, 4.69) is 16.7 Å². The SMILES string of the molecule is O=C(NCCCOCC1CC1)Nc1cccc2c1CCCC2. The van der Waals surface area contributed by atoms with E-state index in [0.717, 1.165) is 44.1 Å². The molecule has 4 heteroatoms. The fourth-order valence-corrected chi connectivity index (χ4v) is 2.98. The average molecular weight is 302 g/mol. The zero-order valence-electron chi connectivity index (χ0n) is 13.2. The molecular weight excluding hydrogens is 276 g/mol. The number of urea groups is 1. The average Bonchev–Trinajstić information content (AvgIpc) is 3.35. The van der Waals surface area contributed by atoms with Gasteiger partial charge in [-0.2, -0.15) is 0 Å². The van der Waals surface area contributed by atoms with Crippen molar-refractivity contribution in [2.45, 2.75) is 44.9 Å². The first-order chi connectivity index (χ1) is 10.8. The number of amides is 2. The Morgan fingerprint density at radius 2 is 2.09 bits per heavy atom. The van der Waals surface area contributed by atoms with E-state index in [9.17, 15) is 4.79 Å². The summed E-state index contributed by atoms with van der Waals surface area (Å²) >= 11 is 0. The molecular formula is C18H26N2O2. The second-order valence-electron chi connectivity index (χ2n) is 6.40.